The Morgan fingerprint density at radius 3 is 2.69 bits per heavy atom. The van der Waals surface area contributed by atoms with Crippen molar-refractivity contribution in [2.45, 2.75) is 63.5 Å². The van der Waals surface area contributed by atoms with Crippen molar-refractivity contribution < 1.29 is 19.1 Å². The van der Waals surface area contributed by atoms with Crippen LogP contribution >= 0.6 is 0 Å². The van der Waals surface area contributed by atoms with Crippen molar-refractivity contribution in [3.63, 3.8) is 0 Å². The number of imidazole rings is 1. The number of carbonyl (C=O) groups excluding carboxylic acids is 2. The summed E-state index contributed by atoms with van der Waals surface area (Å²) in [6.07, 6.45) is 13.7. The van der Waals surface area contributed by atoms with Crippen molar-refractivity contribution in [3.8, 4) is 17.1 Å². The molecule has 2 fully saturated rings. The normalized spacial score (nSPS) is 16.8. The van der Waals surface area contributed by atoms with Crippen LogP contribution in [0, 0.1) is 0 Å². The van der Waals surface area contributed by atoms with Gasteiger partial charge in [-0.1, -0.05) is 19.3 Å². The van der Waals surface area contributed by atoms with Crippen LogP contribution in [0.25, 0.3) is 33.3 Å². The van der Waals surface area contributed by atoms with Gasteiger partial charge >= 0.3 is 0 Å². The monoisotopic (exact) mass is 608 g/mol. The van der Waals surface area contributed by atoms with Gasteiger partial charge in [0.2, 0.25) is 5.91 Å². The molecule has 4 N–H and O–H groups in total. The number of benzene rings is 2. The van der Waals surface area contributed by atoms with E-state index in [2.05, 4.69) is 25.1 Å². The quantitative estimate of drug-likeness (QED) is 0.165. The summed E-state index contributed by atoms with van der Waals surface area (Å²) in [6, 6.07) is 12.2. The predicted molar refractivity (Wildman–Crippen MR) is 173 cm³/mol. The van der Waals surface area contributed by atoms with Crippen molar-refractivity contribution in [1.82, 2.24) is 30.1 Å². The third-order valence-electron chi connectivity index (χ3n) is 9.39. The smallest absolute Gasteiger partial charge is 0.252 e. The SMILES string of the molecule is O=C(N[C@@H](Cc1c[nH]c2ccc(O)cc12)C(=O)NCCN1CCCC1)c1ccc2c(c1)nc(-c1ccoc1)n2C1CCCCC1. The van der Waals surface area contributed by atoms with Crippen molar-refractivity contribution in [3.05, 3.63) is 72.3 Å². The van der Waals surface area contributed by atoms with Crippen LogP contribution in [-0.2, 0) is 11.2 Å². The Hall–Kier alpha value is -4.57. The second-order valence-electron chi connectivity index (χ2n) is 12.4. The van der Waals surface area contributed by atoms with Gasteiger partial charge in [-0.25, -0.2) is 4.98 Å². The van der Waals surface area contributed by atoms with Crippen molar-refractivity contribution in [2.24, 2.45) is 0 Å². The lowest BCUT2D eigenvalue weighted by Crippen LogP contribution is -2.49. The molecule has 2 aromatic carbocycles. The van der Waals surface area contributed by atoms with Crippen molar-refractivity contribution in [1.29, 1.82) is 0 Å². The second kappa shape index (κ2) is 12.8. The van der Waals surface area contributed by atoms with E-state index in [9.17, 15) is 14.7 Å². The lowest BCUT2D eigenvalue weighted by molar-refractivity contribution is -0.123. The summed E-state index contributed by atoms with van der Waals surface area (Å²) in [4.78, 5) is 37.8. The van der Waals surface area contributed by atoms with E-state index in [0.29, 0.717) is 18.2 Å². The fourth-order valence-electron chi connectivity index (χ4n) is 7.02. The number of aromatic nitrogens is 3. The molecule has 0 unspecified atom stereocenters. The van der Waals surface area contributed by atoms with Crippen LogP contribution in [-0.4, -0.2) is 68.6 Å². The summed E-state index contributed by atoms with van der Waals surface area (Å²) >= 11 is 0. The average molecular weight is 609 g/mol. The van der Waals surface area contributed by atoms with E-state index >= 15 is 0 Å². The van der Waals surface area contributed by atoms with Gasteiger partial charge in [0.15, 0.2) is 0 Å². The zero-order valence-corrected chi connectivity index (χ0v) is 25.4. The predicted octanol–water partition coefficient (Wildman–Crippen LogP) is 5.54. The lowest BCUT2D eigenvalue weighted by atomic mass is 9.95. The molecular weight excluding hydrogens is 568 g/mol. The summed E-state index contributed by atoms with van der Waals surface area (Å²) in [5, 5.41) is 17.0. The molecule has 4 heterocycles. The van der Waals surface area contributed by atoms with E-state index in [4.69, 9.17) is 9.40 Å². The number of phenols is 1. The Morgan fingerprint density at radius 2 is 1.89 bits per heavy atom. The van der Waals surface area contributed by atoms with Gasteiger partial charge in [-0.15, -0.1) is 0 Å². The number of aromatic amines is 1. The zero-order valence-electron chi connectivity index (χ0n) is 25.4. The number of aromatic hydroxyl groups is 1. The summed E-state index contributed by atoms with van der Waals surface area (Å²) in [5.41, 5.74) is 4.79. The van der Waals surface area contributed by atoms with Gasteiger partial charge in [0.1, 0.15) is 23.9 Å². The molecule has 10 nitrogen and oxygen atoms in total. The Kier molecular flexibility index (Phi) is 8.30. The fourth-order valence-corrected chi connectivity index (χ4v) is 7.02. The molecule has 234 valence electrons. The molecule has 2 aliphatic rings. The number of rotatable bonds is 10. The number of carbonyl (C=O) groups is 2. The zero-order chi connectivity index (χ0) is 30.8. The summed E-state index contributed by atoms with van der Waals surface area (Å²) < 4.78 is 7.70. The van der Waals surface area contributed by atoms with Crippen LogP contribution < -0.4 is 10.6 Å². The first-order chi connectivity index (χ1) is 22.0. The highest BCUT2D eigenvalue weighted by Crippen LogP contribution is 2.36. The Labute approximate surface area is 261 Å². The van der Waals surface area contributed by atoms with Crippen molar-refractivity contribution >= 4 is 33.8 Å². The average Bonchev–Trinajstić information content (AvgIpc) is 3.88. The van der Waals surface area contributed by atoms with Crippen LogP contribution in [0.15, 0.2) is 65.6 Å². The van der Waals surface area contributed by atoms with Gasteiger partial charge in [0, 0.05) is 48.2 Å². The molecule has 2 amide bonds. The van der Waals surface area contributed by atoms with Crippen LogP contribution in [0.5, 0.6) is 5.75 Å². The number of amides is 2. The number of hydrogen-bond donors (Lipinski definition) is 4. The molecule has 10 heteroatoms. The molecule has 1 aliphatic heterocycles. The maximum atomic E-state index is 13.8. The second-order valence-corrected chi connectivity index (χ2v) is 12.4. The molecule has 7 rings (SSSR count). The van der Waals surface area contributed by atoms with E-state index in [1.165, 1.54) is 32.1 Å². The van der Waals surface area contributed by atoms with Gasteiger partial charge < -0.3 is 34.6 Å². The maximum Gasteiger partial charge on any atom is 0.252 e. The lowest BCUT2D eigenvalue weighted by Gasteiger charge is -2.25. The number of nitrogens with zero attached hydrogens (tertiary/aromatic N) is 3. The standard InChI is InChI=1S/C35H40N6O4/c42-27-9-10-29-28(20-27)25(21-37-29)19-31(35(44)36-13-16-40-14-4-5-15-40)39-34(43)23-8-11-32-30(18-23)38-33(24-12-17-45-22-24)41(32)26-6-2-1-3-7-26/h8-12,17-18,20-22,26,31,37,42H,1-7,13-16,19H2,(H,36,44)(H,39,43)/t31-/m0/s1. The third-order valence-corrected chi connectivity index (χ3v) is 9.39. The van der Waals surface area contributed by atoms with Gasteiger partial charge in [-0.05, 0) is 86.8 Å². The molecule has 1 aliphatic carbocycles. The Morgan fingerprint density at radius 1 is 1.04 bits per heavy atom. The van der Waals surface area contributed by atoms with Crippen molar-refractivity contribution in [2.75, 3.05) is 26.2 Å². The van der Waals surface area contributed by atoms with E-state index < -0.39 is 6.04 Å². The minimum atomic E-state index is -0.811. The van der Waals surface area contributed by atoms with Crippen LogP contribution in [0.2, 0.25) is 0 Å². The van der Waals surface area contributed by atoms with Crippen LogP contribution in [0.4, 0.5) is 0 Å². The third kappa shape index (κ3) is 6.20. The molecule has 1 saturated heterocycles. The first-order valence-corrected chi connectivity index (χ1v) is 16.2. The minimum Gasteiger partial charge on any atom is -0.508 e. The maximum absolute atomic E-state index is 13.8. The molecule has 5 aromatic rings. The number of fused-ring (bicyclic) bond motifs is 2. The number of furan rings is 1. The summed E-state index contributed by atoms with van der Waals surface area (Å²) in [6.45, 7) is 3.40. The van der Waals surface area contributed by atoms with E-state index in [0.717, 1.165) is 71.4 Å². The molecule has 1 saturated carbocycles. The number of hydrogen-bond acceptors (Lipinski definition) is 6. The van der Waals surface area contributed by atoms with E-state index in [-0.39, 0.29) is 24.0 Å². The fraction of sp³-hybridized carbons (Fsp3) is 0.400. The molecule has 0 bridgehead atoms. The molecule has 45 heavy (non-hydrogen) atoms. The largest absolute Gasteiger partial charge is 0.508 e. The van der Waals surface area contributed by atoms with Gasteiger partial charge in [-0.2, -0.15) is 0 Å². The van der Waals surface area contributed by atoms with Crippen LogP contribution in [0.3, 0.4) is 0 Å². The number of likely N-dealkylation sites (tertiary alicyclic amines) is 1. The van der Waals surface area contributed by atoms with Gasteiger partial charge in [-0.3, -0.25) is 9.59 Å². The highest BCUT2D eigenvalue weighted by atomic mass is 16.3. The van der Waals surface area contributed by atoms with Gasteiger partial charge in [0.25, 0.3) is 5.91 Å². The molecule has 0 radical (unpaired) electrons. The molecule has 3 aromatic heterocycles. The minimum absolute atomic E-state index is 0.148. The Balaban J connectivity index is 1.15. The highest BCUT2D eigenvalue weighted by Gasteiger charge is 2.26. The topological polar surface area (TPSA) is 128 Å². The first-order valence-electron chi connectivity index (χ1n) is 16.2. The number of nitrogens with one attached hydrogen (secondary N) is 3. The Bertz CT molecular complexity index is 1790. The van der Waals surface area contributed by atoms with E-state index in [1.54, 1.807) is 30.7 Å². The highest BCUT2D eigenvalue weighted by molar-refractivity contribution is 6.00. The molecule has 0 spiro atoms. The summed E-state index contributed by atoms with van der Waals surface area (Å²) in [7, 11) is 0. The first kappa shape index (κ1) is 29.2. The summed E-state index contributed by atoms with van der Waals surface area (Å²) in [5.74, 6) is 0.425. The number of H-pyrrole nitrogens is 1. The van der Waals surface area contributed by atoms with E-state index in [1.807, 2.05) is 30.5 Å². The van der Waals surface area contributed by atoms with Gasteiger partial charge in [0.05, 0.1) is 22.9 Å². The molecule has 1 atom stereocenters. The van der Waals surface area contributed by atoms with Crippen LogP contribution in [0.1, 0.15) is 66.9 Å². The molecular formula is C35H40N6O4. The number of phenolic OH excluding ortho intramolecular Hbond substituents is 1.